The minimum atomic E-state index is 0.444. The van der Waals surface area contributed by atoms with Crippen LogP contribution in [-0.4, -0.2) is 5.11 Å². The lowest BCUT2D eigenvalue weighted by Gasteiger charge is -2.18. The first-order valence-corrected chi connectivity index (χ1v) is 6.49. The van der Waals surface area contributed by atoms with Crippen molar-refractivity contribution in [3.05, 3.63) is 28.8 Å². The summed E-state index contributed by atoms with van der Waals surface area (Å²) in [5.41, 5.74) is 4.31. The molecule has 0 aromatic heterocycles. The number of phenols is 1. The molecule has 1 unspecified atom stereocenters. The van der Waals surface area contributed by atoms with Crippen molar-refractivity contribution in [1.82, 2.24) is 0 Å². The molecule has 1 aliphatic carbocycles. The normalized spacial score (nSPS) is 19.1. The van der Waals surface area contributed by atoms with Crippen molar-refractivity contribution in [3.8, 4) is 5.75 Å². The predicted molar refractivity (Wildman–Crippen MR) is 68.2 cm³/mol. The van der Waals surface area contributed by atoms with Gasteiger partial charge >= 0.3 is 0 Å². The molecule has 0 amide bonds. The second-order valence-electron chi connectivity index (χ2n) is 5.29. The molecule has 1 heteroatoms. The Hall–Kier alpha value is -0.980. The number of fused-ring (bicyclic) bond motifs is 1. The minimum absolute atomic E-state index is 0.444. The van der Waals surface area contributed by atoms with E-state index in [-0.39, 0.29) is 0 Å². The van der Waals surface area contributed by atoms with E-state index in [0.29, 0.717) is 11.7 Å². The van der Waals surface area contributed by atoms with Crippen LogP contribution in [0, 0.1) is 0 Å². The van der Waals surface area contributed by atoms with Crippen molar-refractivity contribution in [1.29, 1.82) is 0 Å². The zero-order chi connectivity index (χ0) is 11.7. The molecular formula is C15H22O. The summed E-state index contributed by atoms with van der Waals surface area (Å²) in [4.78, 5) is 0. The topological polar surface area (TPSA) is 20.2 Å². The monoisotopic (exact) mass is 218 g/mol. The second-order valence-corrected chi connectivity index (χ2v) is 5.29. The smallest absolute Gasteiger partial charge is 0.116 e. The molecule has 0 radical (unpaired) electrons. The fraction of sp³-hybridized carbons (Fsp3) is 0.600. The van der Waals surface area contributed by atoms with E-state index in [1.165, 1.54) is 30.4 Å². The van der Waals surface area contributed by atoms with Crippen LogP contribution in [0.15, 0.2) is 12.1 Å². The van der Waals surface area contributed by atoms with Crippen LogP contribution in [0.1, 0.15) is 68.6 Å². The summed E-state index contributed by atoms with van der Waals surface area (Å²) in [7, 11) is 0. The number of hydrogen-bond donors (Lipinski definition) is 1. The van der Waals surface area contributed by atoms with E-state index in [2.05, 4.69) is 20.8 Å². The van der Waals surface area contributed by atoms with Gasteiger partial charge in [0, 0.05) is 0 Å². The first-order chi connectivity index (χ1) is 7.63. The van der Waals surface area contributed by atoms with Gasteiger partial charge in [0.2, 0.25) is 0 Å². The average molecular weight is 218 g/mol. The van der Waals surface area contributed by atoms with Crippen LogP contribution in [0.2, 0.25) is 0 Å². The molecule has 1 aromatic rings. The molecule has 0 spiro atoms. The van der Waals surface area contributed by atoms with Gasteiger partial charge in [-0.25, -0.2) is 0 Å². The number of aryl methyl sites for hydroxylation is 1. The Bertz CT molecular complexity index is 379. The number of aromatic hydroxyl groups is 1. The molecule has 0 fully saturated rings. The first-order valence-electron chi connectivity index (χ1n) is 6.49. The predicted octanol–water partition coefficient (Wildman–Crippen LogP) is 4.35. The molecule has 1 aromatic carbocycles. The Morgan fingerprint density at radius 2 is 2.12 bits per heavy atom. The van der Waals surface area contributed by atoms with Crippen LogP contribution < -0.4 is 0 Å². The van der Waals surface area contributed by atoms with Crippen LogP contribution in [0.25, 0.3) is 0 Å². The molecule has 1 N–H and O–H groups in total. The van der Waals surface area contributed by atoms with Crippen molar-refractivity contribution in [2.75, 3.05) is 0 Å². The van der Waals surface area contributed by atoms with Crippen LogP contribution in [0.3, 0.4) is 0 Å². The Labute approximate surface area is 98.5 Å². The molecule has 88 valence electrons. The Morgan fingerprint density at radius 1 is 1.38 bits per heavy atom. The minimum Gasteiger partial charge on any atom is -0.508 e. The summed E-state index contributed by atoms with van der Waals surface area (Å²) < 4.78 is 0. The lowest BCUT2D eigenvalue weighted by Crippen LogP contribution is -2.00. The van der Waals surface area contributed by atoms with E-state index in [9.17, 15) is 5.11 Å². The van der Waals surface area contributed by atoms with Crippen molar-refractivity contribution >= 4 is 0 Å². The summed E-state index contributed by atoms with van der Waals surface area (Å²) in [5, 5.41) is 9.74. The summed E-state index contributed by atoms with van der Waals surface area (Å²) in [6.07, 6.45) is 4.96. The van der Waals surface area contributed by atoms with Gasteiger partial charge in [0.05, 0.1) is 0 Å². The molecule has 1 atom stereocenters. The SMILES string of the molecule is CCCC1CCc2cc(O)cc(C(C)C)c21. The molecule has 1 aliphatic rings. The maximum absolute atomic E-state index is 9.74. The Kier molecular flexibility index (Phi) is 3.22. The highest BCUT2D eigenvalue weighted by atomic mass is 16.3. The molecule has 2 rings (SSSR count). The number of phenolic OH excluding ortho intramolecular Hbond substituents is 1. The lowest BCUT2D eigenvalue weighted by atomic mass is 9.87. The van der Waals surface area contributed by atoms with Gasteiger partial charge in [-0.15, -0.1) is 0 Å². The molecule has 1 nitrogen and oxygen atoms in total. The highest BCUT2D eigenvalue weighted by Crippen LogP contribution is 2.42. The van der Waals surface area contributed by atoms with E-state index in [1.54, 1.807) is 5.56 Å². The largest absolute Gasteiger partial charge is 0.508 e. The van der Waals surface area contributed by atoms with Crippen molar-refractivity contribution in [2.45, 2.75) is 58.3 Å². The molecule has 0 bridgehead atoms. The van der Waals surface area contributed by atoms with Gasteiger partial charge in [-0.2, -0.15) is 0 Å². The fourth-order valence-electron chi connectivity index (χ4n) is 3.01. The van der Waals surface area contributed by atoms with E-state index in [1.807, 2.05) is 12.1 Å². The summed E-state index contributed by atoms with van der Waals surface area (Å²) in [6.45, 7) is 6.69. The van der Waals surface area contributed by atoms with Crippen LogP contribution in [0.5, 0.6) is 5.75 Å². The third-order valence-electron chi connectivity index (χ3n) is 3.71. The van der Waals surface area contributed by atoms with Gasteiger partial charge in [-0.1, -0.05) is 27.2 Å². The fourth-order valence-corrected chi connectivity index (χ4v) is 3.01. The number of benzene rings is 1. The average Bonchev–Trinajstić information content (AvgIpc) is 2.60. The quantitative estimate of drug-likeness (QED) is 0.800. The standard InChI is InChI=1S/C15H22O/c1-4-5-11-6-7-12-8-13(16)9-14(10(2)3)15(11)12/h8-11,16H,4-7H2,1-3H3. The molecular weight excluding hydrogens is 196 g/mol. The zero-order valence-electron chi connectivity index (χ0n) is 10.6. The maximum atomic E-state index is 9.74. The van der Waals surface area contributed by atoms with Gasteiger partial charge in [-0.3, -0.25) is 0 Å². The summed E-state index contributed by atoms with van der Waals surface area (Å²) >= 11 is 0. The van der Waals surface area contributed by atoms with E-state index >= 15 is 0 Å². The molecule has 0 saturated heterocycles. The molecule has 16 heavy (non-hydrogen) atoms. The van der Waals surface area contributed by atoms with Gasteiger partial charge in [0.1, 0.15) is 5.75 Å². The highest BCUT2D eigenvalue weighted by Gasteiger charge is 2.26. The van der Waals surface area contributed by atoms with Crippen molar-refractivity contribution in [2.24, 2.45) is 0 Å². The molecule has 0 heterocycles. The summed E-state index contributed by atoms with van der Waals surface area (Å²) in [5.74, 6) is 1.69. The van der Waals surface area contributed by atoms with Gasteiger partial charge in [0.25, 0.3) is 0 Å². The second kappa shape index (κ2) is 4.48. The lowest BCUT2D eigenvalue weighted by molar-refractivity contribution is 0.473. The van der Waals surface area contributed by atoms with Gasteiger partial charge in [0.15, 0.2) is 0 Å². The highest BCUT2D eigenvalue weighted by molar-refractivity contribution is 5.47. The molecule has 0 saturated carbocycles. The Balaban J connectivity index is 2.46. The van der Waals surface area contributed by atoms with Crippen LogP contribution >= 0.6 is 0 Å². The van der Waals surface area contributed by atoms with Crippen LogP contribution in [-0.2, 0) is 6.42 Å². The van der Waals surface area contributed by atoms with E-state index < -0.39 is 0 Å². The van der Waals surface area contributed by atoms with Crippen LogP contribution in [0.4, 0.5) is 0 Å². The Morgan fingerprint density at radius 3 is 2.75 bits per heavy atom. The number of rotatable bonds is 3. The van der Waals surface area contributed by atoms with Gasteiger partial charge < -0.3 is 5.11 Å². The van der Waals surface area contributed by atoms with E-state index in [4.69, 9.17) is 0 Å². The zero-order valence-corrected chi connectivity index (χ0v) is 10.6. The summed E-state index contributed by atoms with van der Waals surface area (Å²) in [6, 6.07) is 3.94. The third kappa shape index (κ3) is 1.95. The van der Waals surface area contributed by atoms with Crippen molar-refractivity contribution < 1.29 is 5.11 Å². The number of hydrogen-bond acceptors (Lipinski definition) is 1. The maximum Gasteiger partial charge on any atom is 0.116 e. The van der Waals surface area contributed by atoms with Gasteiger partial charge in [-0.05, 0) is 59.9 Å². The first kappa shape index (κ1) is 11.5. The van der Waals surface area contributed by atoms with Crippen molar-refractivity contribution in [3.63, 3.8) is 0 Å². The third-order valence-corrected chi connectivity index (χ3v) is 3.71. The van der Waals surface area contributed by atoms with E-state index in [0.717, 1.165) is 12.3 Å². The molecule has 0 aliphatic heterocycles.